The van der Waals surface area contributed by atoms with Crippen molar-refractivity contribution in [3.05, 3.63) is 34.9 Å². The van der Waals surface area contributed by atoms with Gasteiger partial charge in [-0.05, 0) is 36.5 Å². The standard InChI is InChI=1S/C16H23Br2ClO/c1-13(2)6-8-20-9-7-16(11-17,12-18)14-4-3-5-15(19)10-14/h3-5,10,13H,6-9,11-12H2,1-2H3. The highest BCUT2D eigenvalue weighted by Crippen LogP contribution is 2.33. The largest absolute Gasteiger partial charge is 0.381 e. The molecule has 0 spiro atoms. The van der Waals surface area contributed by atoms with Crippen molar-refractivity contribution in [2.45, 2.75) is 32.1 Å². The van der Waals surface area contributed by atoms with Crippen molar-refractivity contribution in [2.75, 3.05) is 23.9 Å². The van der Waals surface area contributed by atoms with Crippen molar-refractivity contribution < 1.29 is 4.74 Å². The molecule has 0 aliphatic heterocycles. The second-order valence-electron chi connectivity index (χ2n) is 5.60. The van der Waals surface area contributed by atoms with Gasteiger partial charge in [-0.3, -0.25) is 0 Å². The molecule has 1 aromatic rings. The Kier molecular flexibility index (Phi) is 8.73. The molecule has 0 fully saturated rings. The van der Waals surface area contributed by atoms with Crippen LogP contribution in [0.3, 0.4) is 0 Å². The number of benzene rings is 1. The Balaban J connectivity index is 2.63. The monoisotopic (exact) mass is 424 g/mol. The Morgan fingerprint density at radius 3 is 2.45 bits per heavy atom. The number of hydrogen-bond acceptors (Lipinski definition) is 1. The van der Waals surface area contributed by atoms with E-state index in [1.807, 2.05) is 12.1 Å². The Morgan fingerprint density at radius 1 is 1.20 bits per heavy atom. The van der Waals surface area contributed by atoms with Gasteiger partial charge in [0.1, 0.15) is 0 Å². The van der Waals surface area contributed by atoms with Crippen LogP contribution in [0.15, 0.2) is 24.3 Å². The maximum atomic E-state index is 6.12. The molecule has 0 amide bonds. The van der Waals surface area contributed by atoms with Crippen LogP contribution in [0.5, 0.6) is 0 Å². The van der Waals surface area contributed by atoms with E-state index in [1.54, 1.807) is 0 Å². The minimum absolute atomic E-state index is 0.0305. The quantitative estimate of drug-likeness (QED) is 0.357. The van der Waals surface area contributed by atoms with Crippen molar-refractivity contribution in [2.24, 2.45) is 5.92 Å². The summed E-state index contributed by atoms with van der Waals surface area (Å²) in [6.07, 6.45) is 2.09. The van der Waals surface area contributed by atoms with E-state index in [1.165, 1.54) is 5.56 Å². The summed E-state index contributed by atoms with van der Waals surface area (Å²) in [5, 5.41) is 2.56. The average molecular weight is 427 g/mol. The topological polar surface area (TPSA) is 9.23 Å². The lowest BCUT2D eigenvalue weighted by molar-refractivity contribution is 0.110. The van der Waals surface area contributed by atoms with Crippen LogP contribution >= 0.6 is 43.5 Å². The van der Waals surface area contributed by atoms with Gasteiger partial charge in [0.2, 0.25) is 0 Å². The van der Waals surface area contributed by atoms with Crippen LogP contribution < -0.4 is 0 Å². The maximum absolute atomic E-state index is 6.12. The van der Waals surface area contributed by atoms with Gasteiger partial charge in [0, 0.05) is 34.3 Å². The first kappa shape index (κ1) is 18.5. The highest BCUT2D eigenvalue weighted by molar-refractivity contribution is 9.09. The lowest BCUT2D eigenvalue weighted by atomic mass is 9.82. The summed E-state index contributed by atoms with van der Waals surface area (Å²) in [6, 6.07) is 8.12. The predicted molar refractivity (Wildman–Crippen MR) is 95.6 cm³/mol. The molecule has 0 saturated carbocycles. The molecule has 0 aliphatic rings. The number of hydrogen-bond donors (Lipinski definition) is 0. The van der Waals surface area contributed by atoms with Gasteiger partial charge >= 0.3 is 0 Å². The zero-order chi connectivity index (χ0) is 15.0. The Morgan fingerprint density at radius 2 is 1.90 bits per heavy atom. The van der Waals surface area contributed by atoms with Crippen LogP contribution in [0.4, 0.5) is 0 Å². The van der Waals surface area contributed by atoms with E-state index in [2.05, 4.69) is 57.8 Å². The molecule has 20 heavy (non-hydrogen) atoms. The third kappa shape index (κ3) is 5.67. The van der Waals surface area contributed by atoms with E-state index < -0.39 is 0 Å². The molecule has 0 atom stereocenters. The van der Waals surface area contributed by atoms with Gasteiger partial charge < -0.3 is 4.74 Å². The van der Waals surface area contributed by atoms with Gasteiger partial charge in [-0.25, -0.2) is 0 Å². The van der Waals surface area contributed by atoms with Crippen molar-refractivity contribution >= 4 is 43.5 Å². The molecular weight excluding hydrogens is 403 g/mol. The van der Waals surface area contributed by atoms with Crippen LogP contribution in [-0.2, 0) is 10.2 Å². The number of ether oxygens (including phenoxy) is 1. The summed E-state index contributed by atoms with van der Waals surface area (Å²) in [6.45, 7) is 6.05. The molecule has 0 saturated heterocycles. The lowest BCUT2D eigenvalue weighted by Gasteiger charge is -2.31. The van der Waals surface area contributed by atoms with Crippen molar-refractivity contribution in [3.8, 4) is 0 Å². The highest BCUT2D eigenvalue weighted by atomic mass is 79.9. The number of rotatable bonds is 9. The molecule has 0 bridgehead atoms. The highest BCUT2D eigenvalue weighted by Gasteiger charge is 2.30. The van der Waals surface area contributed by atoms with E-state index in [0.717, 1.165) is 41.7 Å². The van der Waals surface area contributed by atoms with Crippen LogP contribution in [0.2, 0.25) is 5.02 Å². The van der Waals surface area contributed by atoms with Gasteiger partial charge in [-0.1, -0.05) is 69.4 Å². The van der Waals surface area contributed by atoms with E-state index in [4.69, 9.17) is 16.3 Å². The number of halogens is 3. The molecule has 0 radical (unpaired) electrons. The fraction of sp³-hybridized carbons (Fsp3) is 0.625. The fourth-order valence-electron chi connectivity index (χ4n) is 1.97. The van der Waals surface area contributed by atoms with Gasteiger partial charge in [0.25, 0.3) is 0 Å². The fourth-order valence-corrected chi connectivity index (χ4v) is 4.30. The Bertz CT molecular complexity index is 392. The summed E-state index contributed by atoms with van der Waals surface area (Å²) < 4.78 is 5.78. The smallest absolute Gasteiger partial charge is 0.0475 e. The zero-order valence-electron chi connectivity index (χ0n) is 12.2. The summed E-state index contributed by atoms with van der Waals surface area (Å²) in [5.74, 6) is 0.694. The molecule has 0 heterocycles. The summed E-state index contributed by atoms with van der Waals surface area (Å²) in [4.78, 5) is 0. The summed E-state index contributed by atoms with van der Waals surface area (Å²) in [7, 11) is 0. The minimum atomic E-state index is 0.0305. The predicted octanol–water partition coefficient (Wildman–Crippen LogP) is 5.82. The first-order valence-electron chi connectivity index (χ1n) is 7.00. The molecule has 4 heteroatoms. The second kappa shape index (κ2) is 9.45. The van der Waals surface area contributed by atoms with Crippen LogP contribution in [0, 0.1) is 5.92 Å². The molecule has 1 nitrogen and oxygen atoms in total. The zero-order valence-corrected chi connectivity index (χ0v) is 16.1. The Labute approximate surface area is 144 Å². The van der Waals surface area contributed by atoms with E-state index in [9.17, 15) is 0 Å². The van der Waals surface area contributed by atoms with E-state index in [-0.39, 0.29) is 5.41 Å². The van der Waals surface area contributed by atoms with Crippen molar-refractivity contribution in [1.29, 1.82) is 0 Å². The molecule has 0 unspecified atom stereocenters. The molecular formula is C16H23Br2ClO. The molecule has 1 aromatic carbocycles. The van der Waals surface area contributed by atoms with E-state index in [0.29, 0.717) is 5.92 Å². The average Bonchev–Trinajstić information content (AvgIpc) is 2.43. The normalized spacial score (nSPS) is 12.1. The lowest BCUT2D eigenvalue weighted by Crippen LogP contribution is -2.32. The third-order valence-electron chi connectivity index (χ3n) is 3.51. The molecule has 0 N–H and O–H groups in total. The molecule has 114 valence electrons. The number of alkyl halides is 2. The van der Waals surface area contributed by atoms with Gasteiger partial charge in [0.05, 0.1) is 0 Å². The summed E-state index contributed by atoms with van der Waals surface area (Å²) >= 11 is 13.4. The van der Waals surface area contributed by atoms with Gasteiger partial charge in [-0.15, -0.1) is 0 Å². The molecule has 0 aromatic heterocycles. The molecule has 1 rings (SSSR count). The minimum Gasteiger partial charge on any atom is -0.381 e. The van der Waals surface area contributed by atoms with Gasteiger partial charge in [-0.2, -0.15) is 0 Å². The molecule has 0 aliphatic carbocycles. The first-order valence-corrected chi connectivity index (χ1v) is 9.62. The SMILES string of the molecule is CC(C)CCOCCC(CBr)(CBr)c1cccc(Cl)c1. The summed E-state index contributed by atoms with van der Waals surface area (Å²) in [5.41, 5.74) is 1.29. The Hall–Kier alpha value is 0.430. The maximum Gasteiger partial charge on any atom is 0.0475 e. The van der Waals surface area contributed by atoms with Crippen LogP contribution in [-0.4, -0.2) is 23.9 Å². The second-order valence-corrected chi connectivity index (χ2v) is 7.16. The van der Waals surface area contributed by atoms with E-state index >= 15 is 0 Å². The van der Waals surface area contributed by atoms with Crippen LogP contribution in [0.25, 0.3) is 0 Å². The van der Waals surface area contributed by atoms with Gasteiger partial charge in [0.15, 0.2) is 0 Å². The van der Waals surface area contributed by atoms with Crippen LogP contribution in [0.1, 0.15) is 32.3 Å². The third-order valence-corrected chi connectivity index (χ3v) is 5.89. The van der Waals surface area contributed by atoms with Crippen molar-refractivity contribution in [1.82, 2.24) is 0 Å². The first-order chi connectivity index (χ1) is 9.54. The van der Waals surface area contributed by atoms with Crippen molar-refractivity contribution in [3.63, 3.8) is 0 Å².